The molecule has 194 valence electrons. The van der Waals surface area contributed by atoms with Crippen LogP contribution in [0.25, 0.3) is 0 Å². The number of aromatic hydroxyl groups is 1. The molecule has 0 spiro atoms. The van der Waals surface area contributed by atoms with E-state index in [-0.39, 0.29) is 34.6 Å². The third-order valence-corrected chi connectivity index (χ3v) is 5.54. The third-order valence-electron chi connectivity index (χ3n) is 5.54. The third kappa shape index (κ3) is 6.76. The molecule has 0 aliphatic heterocycles. The first kappa shape index (κ1) is 27.5. The Balaban J connectivity index is 0.000000215. The number of esters is 1. The van der Waals surface area contributed by atoms with E-state index < -0.39 is 5.97 Å². The lowest BCUT2D eigenvalue weighted by atomic mass is 9.85. The Hall–Kier alpha value is -5.11. The maximum Gasteiger partial charge on any atom is 0.347 e. The van der Waals surface area contributed by atoms with Crippen molar-refractivity contribution >= 4 is 23.2 Å². The van der Waals surface area contributed by atoms with Gasteiger partial charge in [-0.2, -0.15) is 0 Å². The average Bonchev–Trinajstić information content (AvgIpc) is 2.92. The number of allylic oxidation sites excluding steroid dienone is 4. The Morgan fingerprint density at radius 3 is 2.16 bits per heavy atom. The van der Waals surface area contributed by atoms with E-state index in [9.17, 15) is 19.5 Å². The largest absolute Gasteiger partial charge is 0.507 e. The zero-order valence-electron chi connectivity index (χ0n) is 20.9. The number of nitrogen functional groups attached to an aromatic ring is 1. The minimum Gasteiger partial charge on any atom is -0.507 e. The molecule has 1 aliphatic carbocycles. The van der Waals surface area contributed by atoms with Crippen molar-refractivity contribution in [3.05, 3.63) is 120 Å². The van der Waals surface area contributed by atoms with E-state index >= 15 is 0 Å². The summed E-state index contributed by atoms with van der Waals surface area (Å²) < 4.78 is 15.1. The highest BCUT2D eigenvalue weighted by Gasteiger charge is 2.26. The van der Waals surface area contributed by atoms with Crippen molar-refractivity contribution in [3.8, 4) is 17.2 Å². The van der Waals surface area contributed by atoms with Crippen LogP contribution in [0.1, 0.15) is 21.8 Å². The number of para-hydroxylation sites is 1. The number of hydrogen-bond donors (Lipinski definition) is 2. The lowest BCUT2D eigenvalue weighted by Gasteiger charge is -2.18. The molecular weight excluding hydrogens is 486 g/mol. The topological polar surface area (TPSA) is 125 Å². The minimum atomic E-state index is -0.617. The highest BCUT2D eigenvalue weighted by atomic mass is 16.5. The van der Waals surface area contributed by atoms with Crippen molar-refractivity contribution in [3.63, 3.8) is 0 Å². The molecule has 1 atom stereocenters. The first-order valence-electron chi connectivity index (χ1n) is 11.5. The van der Waals surface area contributed by atoms with Crippen LogP contribution in [0, 0.1) is 0 Å². The van der Waals surface area contributed by atoms with Gasteiger partial charge in [0.15, 0.2) is 11.5 Å². The second kappa shape index (κ2) is 12.7. The summed E-state index contributed by atoms with van der Waals surface area (Å²) in [6, 6.07) is 20.2. The second-order valence-corrected chi connectivity index (χ2v) is 8.01. The van der Waals surface area contributed by atoms with Crippen LogP contribution in [-0.4, -0.2) is 36.9 Å². The summed E-state index contributed by atoms with van der Waals surface area (Å²) in [7, 11) is 2.95. The van der Waals surface area contributed by atoms with Gasteiger partial charge in [0.2, 0.25) is 5.78 Å². The standard InChI is InChI=1S/C17H16O4.C13H11NO3/c1-4-13(11-5-7-12(20-2)8-6-11)14-9-16(19)17(21-3)10-15(14)18;14-9-6-7-11(12(15)8-9)13(16)17-10-4-2-1-3-5-10/h4-10,13H,1H2,2-3H3;1-8,15H,14H2. The Morgan fingerprint density at radius 1 is 0.895 bits per heavy atom. The van der Waals surface area contributed by atoms with E-state index in [0.29, 0.717) is 17.0 Å². The number of anilines is 1. The molecule has 1 unspecified atom stereocenters. The molecule has 0 fully saturated rings. The Kier molecular flexibility index (Phi) is 9.21. The van der Waals surface area contributed by atoms with Crippen LogP contribution in [-0.2, 0) is 14.3 Å². The van der Waals surface area contributed by atoms with Gasteiger partial charge >= 0.3 is 5.97 Å². The fraction of sp³-hybridized carbons (Fsp3) is 0.100. The SMILES string of the molecule is C=CC(C1=CC(=O)C(OC)=CC1=O)c1ccc(OC)cc1.Nc1ccc(C(=O)Oc2ccccc2)c(O)c1. The number of ether oxygens (including phenoxy) is 3. The van der Waals surface area contributed by atoms with E-state index in [2.05, 4.69) is 6.58 Å². The quantitative estimate of drug-likeness (QED) is 0.152. The summed E-state index contributed by atoms with van der Waals surface area (Å²) in [5.74, 6) is -0.501. The van der Waals surface area contributed by atoms with Crippen LogP contribution >= 0.6 is 0 Å². The van der Waals surface area contributed by atoms with Crippen molar-refractivity contribution in [1.29, 1.82) is 0 Å². The smallest absolute Gasteiger partial charge is 0.347 e. The highest BCUT2D eigenvalue weighted by molar-refractivity contribution is 6.19. The molecular formula is C30H27NO7. The number of hydrogen-bond acceptors (Lipinski definition) is 8. The number of carbonyl (C=O) groups excluding carboxylic acids is 3. The van der Waals surface area contributed by atoms with E-state index in [4.69, 9.17) is 19.9 Å². The average molecular weight is 514 g/mol. The minimum absolute atomic E-state index is 0.0568. The number of rotatable bonds is 7. The number of phenols is 1. The zero-order valence-corrected chi connectivity index (χ0v) is 20.9. The summed E-state index contributed by atoms with van der Waals surface area (Å²) in [6.45, 7) is 3.77. The Morgan fingerprint density at radius 2 is 1.58 bits per heavy atom. The molecule has 0 radical (unpaired) electrons. The lowest BCUT2D eigenvalue weighted by Crippen LogP contribution is -2.18. The first-order chi connectivity index (χ1) is 18.3. The fourth-order valence-electron chi connectivity index (χ4n) is 3.59. The van der Waals surface area contributed by atoms with Crippen molar-refractivity contribution in [2.24, 2.45) is 0 Å². The molecule has 8 heteroatoms. The number of methoxy groups -OCH3 is 2. The number of carbonyl (C=O) groups is 3. The van der Waals surface area contributed by atoms with Gasteiger partial charge in [0.25, 0.3) is 0 Å². The Labute approximate surface area is 220 Å². The molecule has 3 N–H and O–H groups in total. The summed E-state index contributed by atoms with van der Waals surface area (Å²) in [5.41, 5.74) is 7.20. The monoisotopic (exact) mass is 513 g/mol. The van der Waals surface area contributed by atoms with Gasteiger partial charge in [0.05, 0.1) is 14.2 Å². The molecule has 0 bridgehead atoms. The lowest BCUT2D eigenvalue weighted by molar-refractivity contribution is -0.117. The fourth-order valence-corrected chi connectivity index (χ4v) is 3.59. The maximum absolute atomic E-state index is 12.2. The van der Waals surface area contributed by atoms with Crippen LogP contribution in [0.5, 0.6) is 17.2 Å². The number of nitrogens with two attached hydrogens (primary N) is 1. The normalized spacial score (nSPS) is 13.2. The molecule has 3 aromatic carbocycles. The molecule has 0 heterocycles. The van der Waals surface area contributed by atoms with Gasteiger partial charge in [-0.15, -0.1) is 6.58 Å². The molecule has 1 aliphatic rings. The molecule has 0 aromatic heterocycles. The van der Waals surface area contributed by atoms with Crippen molar-refractivity contribution < 1.29 is 33.7 Å². The molecule has 4 rings (SSSR count). The summed E-state index contributed by atoms with van der Waals surface area (Å²) >= 11 is 0. The van der Waals surface area contributed by atoms with Gasteiger partial charge in [-0.3, -0.25) is 9.59 Å². The van der Waals surface area contributed by atoms with Gasteiger partial charge < -0.3 is 25.1 Å². The molecule has 0 saturated heterocycles. The van der Waals surface area contributed by atoms with Crippen molar-refractivity contribution in [2.75, 3.05) is 20.0 Å². The molecule has 8 nitrogen and oxygen atoms in total. The van der Waals surface area contributed by atoms with Gasteiger partial charge in [-0.1, -0.05) is 36.4 Å². The predicted octanol–water partition coefficient (Wildman–Crippen LogP) is 4.77. The zero-order chi connectivity index (χ0) is 27.7. The highest BCUT2D eigenvalue weighted by Crippen LogP contribution is 2.30. The summed E-state index contributed by atoms with van der Waals surface area (Å²) in [5, 5.41) is 9.56. The summed E-state index contributed by atoms with van der Waals surface area (Å²) in [6.07, 6.45) is 4.18. The molecule has 0 saturated carbocycles. The van der Waals surface area contributed by atoms with Crippen molar-refractivity contribution in [1.82, 2.24) is 0 Å². The van der Waals surface area contributed by atoms with Crippen LogP contribution in [0.2, 0.25) is 0 Å². The van der Waals surface area contributed by atoms with Crippen molar-refractivity contribution in [2.45, 2.75) is 5.92 Å². The van der Waals surface area contributed by atoms with E-state index in [1.807, 2.05) is 18.2 Å². The second-order valence-electron chi connectivity index (χ2n) is 8.01. The number of benzene rings is 3. The maximum atomic E-state index is 12.2. The predicted molar refractivity (Wildman–Crippen MR) is 143 cm³/mol. The van der Waals surface area contributed by atoms with E-state index in [1.165, 1.54) is 37.5 Å². The first-order valence-corrected chi connectivity index (χ1v) is 11.5. The van der Waals surface area contributed by atoms with Gasteiger partial charge in [0, 0.05) is 29.3 Å². The number of ketones is 2. The van der Waals surface area contributed by atoms with Crippen LogP contribution in [0.15, 0.2) is 109 Å². The van der Waals surface area contributed by atoms with E-state index in [1.54, 1.807) is 49.6 Å². The number of phenolic OH excluding ortho intramolecular Hbond substituents is 1. The summed E-state index contributed by atoms with van der Waals surface area (Å²) in [4.78, 5) is 35.7. The molecule has 3 aromatic rings. The molecule has 38 heavy (non-hydrogen) atoms. The van der Waals surface area contributed by atoms with Gasteiger partial charge in [0.1, 0.15) is 22.8 Å². The van der Waals surface area contributed by atoms with Crippen LogP contribution < -0.4 is 15.2 Å². The van der Waals surface area contributed by atoms with Gasteiger partial charge in [-0.05, 0) is 48.0 Å². The Bertz CT molecular complexity index is 1390. The van der Waals surface area contributed by atoms with Crippen LogP contribution in [0.3, 0.4) is 0 Å². The van der Waals surface area contributed by atoms with Gasteiger partial charge in [-0.25, -0.2) is 4.79 Å². The molecule has 0 amide bonds. The van der Waals surface area contributed by atoms with Crippen LogP contribution in [0.4, 0.5) is 5.69 Å². The van der Waals surface area contributed by atoms with E-state index in [0.717, 1.165) is 11.3 Å².